The highest BCUT2D eigenvalue weighted by Crippen LogP contribution is 2.35. The van der Waals surface area contributed by atoms with Gasteiger partial charge in [0.05, 0.1) is 0 Å². The van der Waals surface area contributed by atoms with Crippen LogP contribution in [0.25, 0.3) is 0 Å². The lowest BCUT2D eigenvalue weighted by Crippen LogP contribution is -2.21. The lowest BCUT2D eigenvalue weighted by molar-refractivity contribution is 0.174. The standard InChI is InChI=1S/C22H25N5O2/c1-4-27(5-2)17-7-8-18(15(3)10-17)26-22-12-21(23-13-24-22)25-16-6-9-19-20(11-16)29-14-28-19/h6-13H,4-5,14H2,1-3H3,(H2,23,24,25,26). The Hall–Kier alpha value is -3.48. The van der Waals surface area contributed by atoms with Crippen LogP contribution in [0.4, 0.5) is 28.7 Å². The van der Waals surface area contributed by atoms with E-state index in [0.29, 0.717) is 5.82 Å². The van der Waals surface area contributed by atoms with E-state index in [1.54, 1.807) is 0 Å². The number of hydrogen-bond donors (Lipinski definition) is 2. The van der Waals surface area contributed by atoms with Crippen LogP contribution in [-0.4, -0.2) is 29.9 Å². The molecule has 7 heteroatoms. The van der Waals surface area contributed by atoms with E-state index >= 15 is 0 Å². The summed E-state index contributed by atoms with van der Waals surface area (Å²) in [6.45, 7) is 8.67. The zero-order valence-electron chi connectivity index (χ0n) is 16.9. The minimum atomic E-state index is 0.257. The summed E-state index contributed by atoms with van der Waals surface area (Å²) in [5.74, 6) is 2.90. The van der Waals surface area contributed by atoms with Crippen LogP contribution in [0, 0.1) is 6.92 Å². The zero-order valence-corrected chi connectivity index (χ0v) is 16.9. The quantitative estimate of drug-likeness (QED) is 0.597. The Morgan fingerprint density at radius 2 is 1.66 bits per heavy atom. The SMILES string of the molecule is CCN(CC)c1ccc(Nc2cc(Nc3ccc4c(c3)OCO4)ncn2)c(C)c1. The van der Waals surface area contributed by atoms with Crippen LogP contribution in [0.5, 0.6) is 11.5 Å². The molecule has 7 nitrogen and oxygen atoms in total. The van der Waals surface area contributed by atoms with Crippen molar-refractivity contribution >= 4 is 28.7 Å². The molecule has 1 aromatic heterocycles. The van der Waals surface area contributed by atoms with Gasteiger partial charge in [-0.1, -0.05) is 0 Å². The van der Waals surface area contributed by atoms with Gasteiger partial charge in [-0.15, -0.1) is 0 Å². The second-order valence-electron chi connectivity index (χ2n) is 6.78. The molecule has 150 valence electrons. The molecule has 2 aromatic carbocycles. The molecule has 2 N–H and O–H groups in total. The van der Waals surface area contributed by atoms with Crippen molar-refractivity contribution in [3.8, 4) is 11.5 Å². The van der Waals surface area contributed by atoms with Crippen molar-refractivity contribution in [3.05, 3.63) is 54.4 Å². The molecule has 0 aliphatic carbocycles. The van der Waals surface area contributed by atoms with Crippen LogP contribution in [0.3, 0.4) is 0 Å². The van der Waals surface area contributed by atoms with Crippen molar-refractivity contribution in [2.24, 2.45) is 0 Å². The maximum absolute atomic E-state index is 5.42. The molecule has 0 amide bonds. The van der Waals surface area contributed by atoms with E-state index in [1.807, 2.05) is 24.3 Å². The van der Waals surface area contributed by atoms with Crippen LogP contribution < -0.4 is 25.0 Å². The van der Waals surface area contributed by atoms with Crippen LogP contribution in [0.1, 0.15) is 19.4 Å². The van der Waals surface area contributed by atoms with Crippen molar-refractivity contribution in [1.82, 2.24) is 9.97 Å². The fourth-order valence-electron chi connectivity index (χ4n) is 3.33. The van der Waals surface area contributed by atoms with E-state index in [-0.39, 0.29) is 6.79 Å². The summed E-state index contributed by atoms with van der Waals surface area (Å²) in [7, 11) is 0. The average Bonchev–Trinajstić information content (AvgIpc) is 3.19. The van der Waals surface area contributed by atoms with Crippen molar-refractivity contribution in [3.63, 3.8) is 0 Å². The third-order valence-corrected chi connectivity index (χ3v) is 4.91. The molecule has 0 unspecified atom stereocenters. The summed E-state index contributed by atoms with van der Waals surface area (Å²) in [4.78, 5) is 11.0. The minimum absolute atomic E-state index is 0.257. The molecule has 0 saturated heterocycles. The number of fused-ring (bicyclic) bond motifs is 1. The number of rotatable bonds is 7. The molecular formula is C22H25N5O2. The van der Waals surface area contributed by atoms with E-state index in [2.05, 4.69) is 64.5 Å². The summed E-state index contributed by atoms with van der Waals surface area (Å²) < 4.78 is 10.8. The monoisotopic (exact) mass is 391 g/mol. The molecule has 0 radical (unpaired) electrons. The molecule has 0 spiro atoms. The number of aryl methyl sites for hydroxylation is 1. The Balaban J connectivity index is 1.49. The Morgan fingerprint density at radius 1 is 0.897 bits per heavy atom. The maximum atomic E-state index is 5.42. The largest absolute Gasteiger partial charge is 0.454 e. The minimum Gasteiger partial charge on any atom is -0.454 e. The third kappa shape index (κ3) is 4.18. The van der Waals surface area contributed by atoms with Crippen molar-refractivity contribution in [2.75, 3.05) is 35.4 Å². The average molecular weight is 391 g/mol. The maximum Gasteiger partial charge on any atom is 0.231 e. The van der Waals surface area contributed by atoms with E-state index in [1.165, 1.54) is 17.6 Å². The molecule has 1 aliphatic rings. The van der Waals surface area contributed by atoms with Crippen molar-refractivity contribution < 1.29 is 9.47 Å². The first-order valence-electron chi connectivity index (χ1n) is 9.77. The van der Waals surface area contributed by atoms with Crippen molar-refractivity contribution in [1.29, 1.82) is 0 Å². The van der Waals surface area contributed by atoms with E-state index in [9.17, 15) is 0 Å². The number of ether oxygens (including phenoxy) is 2. The van der Waals surface area contributed by atoms with Gasteiger partial charge in [0.25, 0.3) is 0 Å². The molecule has 1 aliphatic heterocycles. The molecule has 0 fully saturated rings. The molecule has 0 saturated carbocycles. The molecule has 4 rings (SSSR count). The predicted molar refractivity (Wildman–Crippen MR) is 116 cm³/mol. The van der Waals surface area contributed by atoms with Gasteiger partial charge < -0.3 is 25.0 Å². The highest BCUT2D eigenvalue weighted by Gasteiger charge is 2.13. The van der Waals surface area contributed by atoms with E-state index in [0.717, 1.165) is 41.8 Å². The van der Waals surface area contributed by atoms with Gasteiger partial charge in [0, 0.05) is 42.3 Å². The molecular weight excluding hydrogens is 366 g/mol. The highest BCUT2D eigenvalue weighted by atomic mass is 16.7. The number of anilines is 5. The molecule has 0 bridgehead atoms. The summed E-state index contributed by atoms with van der Waals surface area (Å²) >= 11 is 0. The lowest BCUT2D eigenvalue weighted by atomic mass is 10.1. The van der Waals surface area contributed by atoms with Crippen LogP contribution in [0.15, 0.2) is 48.8 Å². The van der Waals surface area contributed by atoms with Crippen LogP contribution >= 0.6 is 0 Å². The van der Waals surface area contributed by atoms with Crippen LogP contribution in [0.2, 0.25) is 0 Å². The van der Waals surface area contributed by atoms with Gasteiger partial charge >= 0.3 is 0 Å². The first kappa shape index (κ1) is 18.9. The first-order valence-corrected chi connectivity index (χ1v) is 9.77. The molecule has 2 heterocycles. The second-order valence-corrected chi connectivity index (χ2v) is 6.78. The fraction of sp³-hybridized carbons (Fsp3) is 0.273. The Labute approximate surface area is 170 Å². The molecule has 0 atom stereocenters. The van der Waals surface area contributed by atoms with Gasteiger partial charge in [-0.05, 0) is 56.7 Å². The van der Waals surface area contributed by atoms with Gasteiger partial charge in [0.2, 0.25) is 6.79 Å². The third-order valence-electron chi connectivity index (χ3n) is 4.91. The van der Waals surface area contributed by atoms with Crippen molar-refractivity contribution in [2.45, 2.75) is 20.8 Å². The van der Waals surface area contributed by atoms with E-state index < -0.39 is 0 Å². The second kappa shape index (κ2) is 8.26. The van der Waals surface area contributed by atoms with Crippen LogP contribution in [-0.2, 0) is 0 Å². The van der Waals surface area contributed by atoms with Gasteiger partial charge in [-0.2, -0.15) is 0 Å². The zero-order chi connectivity index (χ0) is 20.2. The van der Waals surface area contributed by atoms with Gasteiger partial charge in [0.1, 0.15) is 18.0 Å². The highest BCUT2D eigenvalue weighted by molar-refractivity contribution is 5.68. The smallest absolute Gasteiger partial charge is 0.231 e. The van der Waals surface area contributed by atoms with E-state index in [4.69, 9.17) is 9.47 Å². The summed E-state index contributed by atoms with van der Waals surface area (Å²) in [5, 5.41) is 6.67. The Bertz CT molecular complexity index is 1000. The summed E-state index contributed by atoms with van der Waals surface area (Å²) in [6.07, 6.45) is 1.54. The fourth-order valence-corrected chi connectivity index (χ4v) is 3.33. The predicted octanol–water partition coefficient (Wildman–Crippen LogP) is 4.85. The van der Waals surface area contributed by atoms with Gasteiger partial charge in [-0.3, -0.25) is 0 Å². The number of benzene rings is 2. The number of hydrogen-bond acceptors (Lipinski definition) is 7. The number of aromatic nitrogens is 2. The first-order chi connectivity index (χ1) is 14.2. The number of nitrogens with zero attached hydrogens (tertiary/aromatic N) is 3. The topological polar surface area (TPSA) is 71.5 Å². The molecule has 3 aromatic rings. The Morgan fingerprint density at radius 3 is 2.41 bits per heavy atom. The normalized spacial score (nSPS) is 12.0. The molecule has 29 heavy (non-hydrogen) atoms. The summed E-state index contributed by atoms with van der Waals surface area (Å²) in [6, 6.07) is 14.0. The van der Waals surface area contributed by atoms with Gasteiger partial charge in [0.15, 0.2) is 11.5 Å². The Kier molecular flexibility index (Phi) is 5.37. The summed E-state index contributed by atoms with van der Waals surface area (Å²) in [5.41, 5.74) is 4.29. The van der Waals surface area contributed by atoms with Gasteiger partial charge in [-0.25, -0.2) is 9.97 Å². The lowest BCUT2D eigenvalue weighted by Gasteiger charge is -2.22. The number of nitrogens with one attached hydrogen (secondary N) is 2.